The van der Waals surface area contributed by atoms with Crippen LogP contribution in [0.5, 0.6) is 0 Å². The van der Waals surface area contributed by atoms with Crippen molar-refractivity contribution in [3.8, 4) is 0 Å². The van der Waals surface area contributed by atoms with Gasteiger partial charge >= 0.3 is 0 Å². The van der Waals surface area contributed by atoms with Crippen LogP contribution in [0.15, 0.2) is 6.20 Å². The van der Waals surface area contributed by atoms with Crippen molar-refractivity contribution in [2.45, 2.75) is 12.8 Å². The minimum absolute atomic E-state index is 0.300. The fourth-order valence-corrected chi connectivity index (χ4v) is 0.953. The maximum absolute atomic E-state index is 10.4. The predicted molar refractivity (Wildman–Crippen MR) is 43.5 cm³/mol. The Morgan fingerprint density at radius 2 is 2.45 bits per heavy atom. The first-order valence-electron chi connectivity index (χ1n) is 3.23. The van der Waals surface area contributed by atoms with Crippen molar-refractivity contribution in [1.82, 2.24) is 9.97 Å². The summed E-state index contributed by atoms with van der Waals surface area (Å²) in [5, 5.41) is 0. The minimum atomic E-state index is -0.300. The zero-order chi connectivity index (χ0) is 8.27. The van der Waals surface area contributed by atoms with E-state index in [0.717, 1.165) is 5.69 Å². The van der Waals surface area contributed by atoms with Crippen molar-refractivity contribution in [3.05, 3.63) is 16.7 Å². The average molecular weight is 171 g/mol. The number of amides is 1. The summed E-state index contributed by atoms with van der Waals surface area (Å²) in [5.74, 6) is -0.300. The number of aromatic amines is 2. The molecule has 4 nitrogen and oxygen atoms in total. The highest BCUT2D eigenvalue weighted by molar-refractivity contribution is 7.71. The molecule has 0 bridgehead atoms. The standard InChI is InChI=1S/C6H9N3OS/c7-5(10)2-1-4-3-8-6(11)9-4/h3H,1-2H2,(H2,7,10)(H2,8,9,11). The highest BCUT2D eigenvalue weighted by Crippen LogP contribution is 1.96. The van der Waals surface area contributed by atoms with E-state index in [-0.39, 0.29) is 5.91 Å². The predicted octanol–water partition coefficient (Wildman–Crippen LogP) is 0.490. The van der Waals surface area contributed by atoms with Crippen LogP contribution >= 0.6 is 12.2 Å². The third kappa shape index (κ3) is 2.55. The first-order valence-corrected chi connectivity index (χ1v) is 3.64. The van der Waals surface area contributed by atoms with Gasteiger partial charge in [0, 0.05) is 18.3 Å². The minimum Gasteiger partial charge on any atom is -0.370 e. The van der Waals surface area contributed by atoms with Crippen molar-refractivity contribution >= 4 is 18.1 Å². The number of primary amides is 1. The molecule has 5 heteroatoms. The van der Waals surface area contributed by atoms with E-state index in [4.69, 9.17) is 18.0 Å². The van der Waals surface area contributed by atoms with E-state index in [0.29, 0.717) is 17.6 Å². The number of rotatable bonds is 3. The molecule has 1 rings (SSSR count). The Morgan fingerprint density at radius 3 is 2.91 bits per heavy atom. The van der Waals surface area contributed by atoms with Crippen LogP contribution in [0, 0.1) is 4.77 Å². The zero-order valence-electron chi connectivity index (χ0n) is 5.89. The summed E-state index contributed by atoms with van der Waals surface area (Å²) >= 11 is 4.79. The molecule has 0 saturated heterocycles. The third-order valence-electron chi connectivity index (χ3n) is 1.29. The van der Waals surface area contributed by atoms with Crippen LogP contribution in [0.3, 0.4) is 0 Å². The number of imidazole rings is 1. The second-order valence-corrected chi connectivity index (χ2v) is 2.64. The Labute approximate surface area is 68.8 Å². The van der Waals surface area contributed by atoms with E-state index >= 15 is 0 Å². The normalized spacial score (nSPS) is 9.82. The third-order valence-corrected chi connectivity index (χ3v) is 1.51. The van der Waals surface area contributed by atoms with Gasteiger partial charge in [-0.3, -0.25) is 4.79 Å². The van der Waals surface area contributed by atoms with Crippen molar-refractivity contribution in [3.63, 3.8) is 0 Å². The van der Waals surface area contributed by atoms with Crippen molar-refractivity contribution < 1.29 is 4.79 Å². The van der Waals surface area contributed by atoms with Gasteiger partial charge in [0.2, 0.25) is 5.91 Å². The van der Waals surface area contributed by atoms with E-state index in [1.165, 1.54) is 0 Å². The number of hydrogen-bond acceptors (Lipinski definition) is 2. The average Bonchev–Trinajstić information content (AvgIpc) is 2.31. The highest BCUT2D eigenvalue weighted by atomic mass is 32.1. The molecule has 1 aromatic heterocycles. The lowest BCUT2D eigenvalue weighted by atomic mass is 10.2. The molecule has 1 amide bonds. The Hall–Kier alpha value is -1.10. The molecular weight excluding hydrogens is 162 g/mol. The largest absolute Gasteiger partial charge is 0.370 e. The quantitative estimate of drug-likeness (QED) is 0.579. The van der Waals surface area contributed by atoms with E-state index in [1.54, 1.807) is 6.20 Å². The molecule has 0 unspecified atom stereocenters. The molecule has 0 radical (unpaired) electrons. The van der Waals surface area contributed by atoms with Crippen LogP contribution in [0.25, 0.3) is 0 Å². The van der Waals surface area contributed by atoms with Gasteiger partial charge in [-0.25, -0.2) is 0 Å². The summed E-state index contributed by atoms with van der Waals surface area (Å²) in [7, 11) is 0. The van der Waals surface area contributed by atoms with Crippen molar-refractivity contribution in [2.75, 3.05) is 0 Å². The van der Waals surface area contributed by atoms with Gasteiger partial charge in [-0.1, -0.05) is 0 Å². The molecule has 4 N–H and O–H groups in total. The summed E-state index contributed by atoms with van der Waals surface area (Å²) < 4.78 is 0.574. The van der Waals surface area contributed by atoms with Gasteiger partial charge < -0.3 is 15.7 Å². The van der Waals surface area contributed by atoms with Crippen LogP contribution in [0.4, 0.5) is 0 Å². The first-order chi connectivity index (χ1) is 5.18. The van der Waals surface area contributed by atoms with Crippen LogP contribution < -0.4 is 5.73 Å². The van der Waals surface area contributed by atoms with Gasteiger partial charge in [-0.2, -0.15) is 0 Å². The zero-order valence-corrected chi connectivity index (χ0v) is 6.70. The molecule has 1 aromatic rings. The molecular formula is C6H9N3OS. The molecule has 0 aliphatic heterocycles. The highest BCUT2D eigenvalue weighted by Gasteiger charge is 1.97. The summed E-state index contributed by atoms with van der Waals surface area (Å²) in [5.41, 5.74) is 5.87. The number of H-pyrrole nitrogens is 2. The number of carbonyl (C=O) groups excluding carboxylic acids is 1. The molecule has 1 heterocycles. The van der Waals surface area contributed by atoms with Crippen LogP contribution in [-0.2, 0) is 11.2 Å². The number of aryl methyl sites for hydroxylation is 1. The van der Waals surface area contributed by atoms with Gasteiger partial charge in [0.05, 0.1) is 0 Å². The monoisotopic (exact) mass is 171 g/mol. The summed E-state index contributed by atoms with van der Waals surface area (Å²) in [6, 6.07) is 0. The van der Waals surface area contributed by atoms with Gasteiger partial charge in [-0.15, -0.1) is 0 Å². The smallest absolute Gasteiger partial charge is 0.217 e. The molecule has 0 aliphatic carbocycles. The van der Waals surface area contributed by atoms with Gasteiger partial charge in [-0.05, 0) is 18.6 Å². The molecule has 0 atom stereocenters. The van der Waals surface area contributed by atoms with Gasteiger partial charge in [0.1, 0.15) is 0 Å². The fraction of sp³-hybridized carbons (Fsp3) is 0.333. The van der Waals surface area contributed by atoms with E-state index in [2.05, 4.69) is 9.97 Å². The van der Waals surface area contributed by atoms with Crippen molar-refractivity contribution in [2.24, 2.45) is 5.73 Å². The lowest BCUT2D eigenvalue weighted by molar-refractivity contribution is -0.118. The van der Waals surface area contributed by atoms with E-state index in [1.807, 2.05) is 0 Å². The van der Waals surface area contributed by atoms with Crippen LogP contribution in [-0.4, -0.2) is 15.9 Å². The number of nitrogens with one attached hydrogen (secondary N) is 2. The molecule has 0 spiro atoms. The summed E-state index contributed by atoms with van der Waals surface area (Å²) in [6.45, 7) is 0. The molecule has 60 valence electrons. The van der Waals surface area contributed by atoms with E-state index < -0.39 is 0 Å². The van der Waals surface area contributed by atoms with Gasteiger partial charge in [0.15, 0.2) is 4.77 Å². The molecule has 0 aliphatic rings. The number of aromatic nitrogens is 2. The summed E-state index contributed by atoms with van der Waals surface area (Å²) in [4.78, 5) is 16.0. The second-order valence-electron chi connectivity index (χ2n) is 2.23. The number of carbonyl (C=O) groups is 1. The second kappa shape index (κ2) is 3.34. The van der Waals surface area contributed by atoms with E-state index in [9.17, 15) is 4.79 Å². The topological polar surface area (TPSA) is 74.7 Å². The van der Waals surface area contributed by atoms with Crippen LogP contribution in [0.1, 0.15) is 12.1 Å². The Balaban J connectivity index is 2.51. The first kappa shape index (κ1) is 8.00. The lowest BCUT2D eigenvalue weighted by Crippen LogP contribution is -2.11. The molecule has 0 fully saturated rings. The SMILES string of the molecule is NC(=O)CCc1c[nH]c(=S)[nH]1. The maximum atomic E-state index is 10.4. The van der Waals surface area contributed by atoms with Gasteiger partial charge in [0.25, 0.3) is 0 Å². The molecule has 0 aromatic carbocycles. The number of hydrogen-bond donors (Lipinski definition) is 3. The Kier molecular flexibility index (Phi) is 2.43. The molecule has 0 saturated carbocycles. The van der Waals surface area contributed by atoms with Crippen LogP contribution in [0.2, 0.25) is 0 Å². The molecule has 11 heavy (non-hydrogen) atoms. The number of nitrogens with two attached hydrogens (primary N) is 1. The Bertz CT molecular complexity index is 301. The Morgan fingerprint density at radius 1 is 1.73 bits per heavy atom. The fourth-order valence-electron chi connectivity index (χ4n) is 0.763. The summed E-state index contributed by atoms with van der Waals surface area (Å²) in [6.07, 6.45) is 2.71. The maximum Gasteiger partial charge on any atom is 0.217 e. The van der Waals surface area contributed by atoms with Crippen molar-refractivity contribution in [1.29, 1.82) is 0 Å². The lowest BCUT2D eigenvalue weighted by Gasteiger charge is -1.90.